The van der Waals surface area contributed by atoms with Crippen LogP contribution in [0.4, 0.5) is 0 Å². The summed E-state index contributed by atoms with van der Waals surface area (Å²) in [5, 5.41) is 0. The van der Waals surface area contributed by atoms with Gasteiger partial charge in [0.2, 0.25) is 5.91 Å². The quantitative estimate of drug-likeness (QED) is 0.845. The maximum absolute atomic E-state index is 12.6. The second-order valence-corrected chi connectivity index (χ2v) is 5.79. The number of imidazole rings is 1. The van der Waals surface area contributed by atoms with Crippen molar-refractivity contribution in [1.82, 2.24) is 14.5 Å². The van der Waals surface area contributed by atoms with Crippen LogP contribution in [-0.4, -0.2) is 31.9 Å². The maximum atomic E-state index is 12.6. The molecule has 1 fully saturated rings. The van der Waals surface area contributed by atoms with Gasteiger partial charge in [0, 0.05) is 25.5 Å². The molecule has 0 radical (unpaired) electrons. The van der Waals surface area contributed by atoms with Crippen molar-refractivity contribution in [3.8, 4) is 0 Å². The zero-order valence-electron chi connectivity index (χ0n) is 12.1. The van der Waals surface area contributed by atoms with Crippen molar-refractivity contribution in [2.75, 3.05) is 0 Å². The molecule has 1 heterocycles. The minimum Gasteiger partial charge on any atom is -0.337 e. The average Bonchev–Trinajstić information content (AvgIpc) is 3.10. The molecule has 1 unspecified atom stereocenters. The van der Waals surface area contributed by atoms with Gasteiger partial charge in [-0.1, -0.05) is 13.3 Å². The number of carbonyl (C=O) groups is 1. The molecular weight excluding hydrogens is 240 g/mol. The number of hydrogen-bond donors (Lipinski definition) is 1. The Labute approximate surface area is 114 Å². The Morgan fingerprint density at radius 1 is 1.63 bits per heavy atom. The van der Waals surface area contributed by atoms with Gasteiger partial charge in [-0.3, -0.25) is 4.79 Å². The predicted molar refractivity (Wildman–Crippen MR) is 74.3 cm³/mol. The second kappa shape index (κ2) is 5.33. The van der Waals surface area contributed by atoms with E-state index >= 15 is 0 Å². The first-order valence-corrected chi connectivity index (χ1v) is 7.02. The summed E-state index contributed by atoms with van der Waals surface area (Å²) in [5.41, 5.74) is 5.42. The summed E-state index contributed by atoms with van der Waals surface area (Å²) in [7, 11) is 1.95. The number of carbonyl (C=O) groups excluding carboxylic acids is 1. The number of nitrogens with zero attached hydrogens (tertiary/aromatic N) is 3. The number of rotatable bonds is 6. The van der Waals surface area contributed by atoms with E-state index in [9.17, 15) is 4.79 Å². The summed E-state index contributed by atoms with van der Waals surface area (Å²) in [6, 6.07) is 0.351. The topological polar surface area (TPSA) is 64.2 Å². The molecule has 106 valence electrons. The molecule has 1 atom stereocenters. The lowest BCUT2D eigenvalue weighted by Crippen LogP contribution is -2.53. The Morgan fingerprint density at radius 3 is 2.79 bits per heavy atom. The third-order valence-corrected chi connectivity index (χ3v) is 3.74. The lowest BCUT2D eigenvalue weighted by molar-refractivity contribution is -0.138. The predicted octanol–water partition coefficient (Wildman–Crippen LogP) is 1.43. The standard InChI is InChI=1S/C14H24N4O/c1-4-7-14(2,15)13(19)18(11-5-6-11)10-12-16-8-9-17(12)3/h8-9,11H,4-7,10,15H2,1-3H3. The number of hydrogen-bond acceptors (Lipinski definition) is 3. The van der Waals surface area contributed by atoms with Crippen LogP contribution in [0.25, 0.3) is 0 Å². The van der Waals surface area contributed by atoms with Crippen LogP contribution in [0.15, 0.2) is 12.4 Å². The van der Waals surface area contributed by atoms with Crippen molar-refractivity contribution in [2.45, 2.75) is 57.7 Å². The third-order valence-electron chi connectivity index (χ3n) is 3.74. The molecule has 2 N–H and O–H groups in total. The van der Waals surface area contributed by atoms with Crippen molar-refractivity contribution in [2.24, 2.45) is 12.8 Å². The van der Waals surface area contributed by atoms with Crippen molar-refractivity contribution in [3.05, 3.63) is 18.2 Å². The molecule has 2 rings (SSSR count). The van der Waals surface area contributed by atoms with Gasteiger partial charge in [0.25, 0.3) is 0 Å². The highest BCUT2D eigenvalue weighted by atomic mass is 16.2. The SMILES string of the molecule is CCCC(C)(N)C(=O)N(Cc1nccn1C)C1CC1. The largest absolute Gasteiger partial charge is 0.337 e. The monoisotopic (exact) mass is 264 g/mol. The lowest BCUT2D eigenvalue weighted by atomic mass is 9.95. The fraction of sp³-hybridized carbons (Fsp3) is 0.714. The van der Waals surface area contributed by atoms with Gasteiger partial charge in [0.05, 0.1) is 12.1 Å². The van der Waals surface area contributed by atoms with Gasteiger partial charge >= 0.3 is 0 Å². The molecule has 19 heavy (non-hydrogen) atoms. The van der Waals surface area contributed by atoms with E-state index < -0.39 is 5.54 Å². The van der Waals surface area contributed by atoms with E-state index in [1.165, 1.54) is 0 Å². The molecule has 1 aromatic heterocycles. The summed E-state index contributed by atoms with van der Waals surface area (Å²) in [5.74, 6) is 0.965. The average molecular weight is 264 g/mol. The first kappa shape index (κ1) is 14.1. The normalized spacial score (nSPS) is 18.1. The fourth-order valence-corrected chi connectivity index (χ4v) is 2.41. The van der Waals surface area contributed by atoms with E-state index in [1.54, 1.807) is 6.20 Å². The van der Waals surface area contributed by atoms with Crippen LogP contribution in [-0.2, 0) is 18.4 Å². The summed E-state index contributed by atoms with van der Waals surface area (Å²) in [4.78, 5) is 18.9. The van der Waals surface area contributed by atoms with E-state index in [0.717, 1.165) is 31.5 Å². The number of aromatic nitrogens is 2. The summed E-state index contributed by atoms with van der Waals surface area (Å²) < 4.78 is 1.95. The Hall–Kier alpha value is -1.36. The number of amides is 1. The Balaban J connectivity index is 2.12. The van der Waals surface area contributed by atoms with Crippen LogP contribution in [0.2, 0.25) is 0 Å². The summed E-state index contributed by atoms with van der Waals surface area (Å²) >= 11 is 0. The third kappa shape index (κ3) is 3.15. The van der Waals surface area contributed by atoms with Gasteiger partial charge in [-0.05, 0) is 26.2 Å². The number of nitrogens with two attached hydrogens (primary N) is 1. The van der Waals surface area contributed by atoms with Gasteiger partial charge in [0.15, 0.2) is 0 Å². The van der Waals surface area contributed by atoms with Crippen LogP contribution in [0, 0.1) is 0 Å². The van der Waals surface area contributed by atoms with E-state index in [2.05, 4.69) is 11.9 Å². The van der Waals surface area contributed by atoms with Gasteiger partial charge in [-0.25, -0.2) is 4.98 Å². The Morgan fingerprint density at radius 2 is 2.32 bits per heavy atom. The zero-order valence-corrected chi connectivity index (χ0v) is 12.1. The molecule has 5 nitrogen and oxygen atoms in total. The van der Waals surface area contributed by atoms with Crippen molar-refractivity contribution < 1.29 is 4.79 Å². The van der Waals surface area contributed by atoms with Gasteiger partial charge in [-0.15, -0.1) is 0 Å². The van der Waals surface area contributed by atoms with Crippen molar-refractivity contribution in [3.63, 3.8) is 0 Å². The molecule has 0 aromatic carbocycles. The highest BCUT2D eigenvalue weighted by Gasteiger charge is 2.39. The fourth-order valence-electron chi connectivity index (χ4n) is 2.41. The Bertz CT molecular complexity index is 448. The molecule has 0 saturated heterocycles. The molecule has 1 aliphatic carbocycles. The van der Waals surface area contributed by atoms with Crippen LogP contribution in [0.3, 0.4) is 0 Å². The molecular formula is C14H24N4O. The summed E-state index contributed by atoms with van der Waals surface area (Å²) in [6.07, 6.45) is 7.46. The molecule has 5 heteroatoms. The maximum Gasteiger partial charge on any atom is 0.243 e. The minimum atomic E-state index is -0.761. The minimum absolute atomic E-state index is 0.0554. The van der Waals surface area contributed by atoms with E-state index in [0.29, 0.717) is 12.6 Å². The van der Waals surface area contributed by atoms with Crippen molar-refractivity contribution >= 4 is 5.91 Å². The molecule has 1 amide bonds. The Kier molecular flexibility index (Phi) is 3.94. The molecule has 0 bridgehead atoms. The van der Waals surface area contributed by atoms with Gasteiger partial charge in [0.1, 0.15) is 5.82 Å². The smallest absolute Gasteiger partial charge is 0.243 e. The first-order chi connectivity index (χ1) is 8.95. The molecule has 1 saturated carbocycles. The van der Waals surface area contributed by atoms with Gasteiger partial charge < -0.3 is 15.2 Å². The lowest BCUT2D eigenvalue weighted by Gasteiger charge is -2.31. The van der Waals surface area contributed by atoms with E-state index in [-0.39, 0.29) is 5.91 Å². The highest BCUT2D eigenvalue weighted by molar-refractivity contribution is 5.86. The molecule has 1 aliphatic rings. The highest BCUT2D eigenvalue weighted by Crippen LogP contribution is 2.30. The molecule has 0 spiro atoms. The summed E-state index contributed by atoms with van der Waals surface area (Å²) in [6.45, 7) is 4.45. The van der Waals surface area contributed by atoms with Crippen LogP contribution < -0.4 is 5.73 Å². The van der Waals surface area contributed by atoms with Gasteiger partial charge in [-0.2, -0.15) is 0 Å². The van der Waals surface area contributed by atoms with E-state index in [4.69, 9.17) is 5.73 Å². The zero-order chi connectivity index (χ0) is 14.0. The van der Waals surface area contributed by atoms with E-state index in [1.807, 2.05) is 29.6 Å². The number of aryl methyl sites for hydroxylation is 1. The van der Waals surface area contributed by atoms with Crippen LogP contribution in [0.1, 0.15) is 45.4 Å². The molecule has 0 aliphatic heterocycles. The molecule has 1 aromatic rings. The second-order valence-electron chi connectivity index (χ2n) is 5.79. The van der Waals surface area contributed by atoms with Crippen LogP contribution >= 0.6 is 0 Å². The first-order valence-electron chi connectivity index (χ1n) is 7.02. The van der Waals surface area contributed by atoms with Crippen molar-refractivity contribution in [1.29, 1.82) is 0 Å². The van der Waals surface area contributed by atoms with Crippen LogP contribution in [0.5, 0.6) is 0 Å².